The Morgan fingerprint density at radius 3 is 2.22 bits per heavy atom. The number of hydrogen-bond donors (Lipinski definition) is 1. The Morgan fingerprint density at radius 2 is 1.59 bits per heavy atom. The summed E-state index contributed by atoms with van der Waals surface area (Å²) in [4.78, 5) is 29.0. The Balaban J connectivity index is 1.69. The van der Waals surface area contributed by atoms with Gasteiger partial charge in [0.15, 0.2) is 0 Å². The molecule has 1 aliphatic rings. The first-order valence-corrected chi connectivity index (χ1v) is 15.9. The van der Waals surface area contributed by atoms with Gasteiger partial charge in [0, 0.05) is 17.6 Å². The van der Waals surface area contributed by atoms with Crippen molar-refractivity contribution in [3.63, 3.8) is 0 Å². The van der Waals surface area contributed by atoms with Gasteiger partial charge in [-0.2, -0.15) is 0 Å². The number of carbonyl (C=O) groups excluding carboxylic acids is 2. The van der Waals surface area contributed by atoms with Crippen LogP contribution in [0, 0.1) is 13.8 Å². The molecule has 1 N–H and O–H groups in total. The van der Waals surface area contributed by atoms with Crippen LogP contribution in [0.2, 0.25) is 5.02 Å². The molecule has 0 radical (unpaired) electrons. The van der Waals surface area contributed by atoms with E-state index in [0.29, 0.717) is 10.7 Å². The van der Waals surface area contributed by atoms with E-state index >= 15 is 0 Å². The first-order chi connectivity index (χ1) is 19.5. The summed E-state index contributed by atoms with van der Waals surface area (Å²) in [7, 11) is -4.10. The summed E-state index contributed by atoms with van der Waals surface area (Å²) < 4.78 is 29.0. The fourth-order valence-electron chi connectivity index (χ4n) is 5.33. The predicted molar refractivity (Wildman–Crippen MR) is 163 cm³/mol. The topological polar surface area (TPSA) is 86.8 Å². The van der Waals surface area contributed by atoms with E-state index in [1.165, 1.54) is 17.0 Å². The molecule has 0 spiro atoms. The highest BCUT2D eigenvalue weighted by Crippen LogP contribution is 2.27. The summed E-state index contributed by atoms with van der Waals surface area (Å²) in [6, 6.07) is 19.9. The normalized spacial score (nSPS) is 14.7. The molecule has 0 bridgehead atoms. The number of sulfonamides is 1. The summed E-state index contributed by atoms with van der Waals surface area (Å²) in [5.41, 5.74) is 2.88. The fourth-order valence-corrected chi connectivity index (χ4v) is 6.96. The second-order valence-electron chi connectivity index (χ2n) is 10.8. The Labute approximate surface area is 248 Å². The average Bonchev–Trinajstić information content (AvgIpc) is 2.94. The Bertz CT molecular complexity index is 1450. The number of amides is 2. The van der Waals surface area contributed by atoms with Crippen molar-refractivity contribution in [1.29, 1.82) is 0 Å². The van der Waals surface area contributed by atoms with E-state index in [9.17, 15) is 18.0 Å². The summed E-state index contributed by atoms with van der Waals surface area (Å²) in [5, 5.41) is 3.63. The molecule has 218 valence electrons. The monoisotopic (exact) mass is 595 g/mol. The third-order valence-corrected chi connectivity index (χ3v) is 9.49. The zero-order chi connectivity index (χ0) is 29.6. The highest BCUT2D eigenvalue weighted by molar-refractivity contribution is 7.92. The van der Waals surface area contributed by atoms with Crippen molar-refractivity contribution in [2.45, 2.75) is 76.4 Å². The van der Waals surface area contributed by atoms with E-state index < -0.39 is 28.5 Å². The number of halogens is 1. The average molecular weight is 596 g/mol. The Hall–Kier alpha value is -3.36. The van der Waals surface area contributed by atoms with Gasteiger partial charge in [-0.25, -0.2) is 8.42 Å². The van der Waals surface area contributed by atoms with Crippen molar-refractivity contribution in [2.24, 2.45) is 0 Å². The van der Waals surface area contributed by atoms with Gasteiger partial charge in [-0.15, -0.1) is 0 Å². The van der Waals surface area contributed by atoms with Crippen molar-refractivity contribution in [3.8, 4) is 0 Å². The molecule has 1 saturated carbocycles. The van der Waals surface area contributed by atoms with Gasteiger partial charge in [0.25, 0.3) is 10.0 Å². The lowest BCUT2D eigenvalue weighted by Gasteiger charge is -2.33. The summed E-state index contributed by atoms with van der Waals surface area (Å²) in [5.74, 6) is -0.744. The first kappa shape index (κ1) is 30.6. The quantitative estimate of drug-likeness (QED) is 0.311. The molecule has 0 saturated heterocycles. The van der Waals surface area contributed by atoms with Crippen LogP contribution in [-0.4, -0.2) is 43.8 Å². The first-order valence-electron chi connectivity index (χ1n) is 14.0. The molecule has 9 heteroatoms. The molecule has 2 amide bonds. The third-order valence-electron chi connectivity index (χ3n) is 7.47. The third kappa shape index (κ3) is 7.89. The van der Waals surface area contributed by atoms with E-state index in [2.05, 4.69) is 5.32 Å². The molecule has 4 rings (SSSR count). The molecule has 3 aromatic rings. The lowest BCUT2D eigenvalue weighted by Crippen LogP contribution is -2.53. The molecule has 1 fully saturated rings. The Morgan fingerprint density at radius 1 is 0.927 bits per heavy atom. The van der Waals surface area contributed by atoms with Crippen LogP contribution in [0.25, 0.3) is 0 Å². The van der Waals surface area contributed by atoms with Gasteiger partial charge in [-0.3, -0.25) is 13.9 Å². The molecule has 0 aromatic heterocycles. The number of benzene rings is 3. The van der Waals surface area contributed by atoms with Gasteiger partial charge in [0.1, 0.15) is 12.6 Å². The molecule has 0 unspecified atom stereocenters. The number of anilines is 1. The number of nitrogens with one attached hydrogen (secondary N) is 1. The van der Waals surface area contributed by atoms with Crippen molar-refractivity contribution in [3.05, 3.63) is 94.5 Å². The largest absolute Gasteiger partial charge is 0.352 e. The summed E-state index contributed by atoms with van der Waals surface area (Å²) >= 11 is 6.23. The number of nitrogens with zero attached hydrogens (tertiary/aromatic N) is 2. The van der Waals surface area contributed by atoms with Gasteiger partial charge in [0.2, 0.25) is 11.8 Å². The van der Waals surface area contributed by atoms with E-state index in [-0.39, 0.29) is 23.4 Å². The minimum atomic E-state index is -4.10. The minimum absolute atomic E-state index is 0.0760. The van der Waals surface area contributed by atoms with Gasteiger partial charge in [-0.1, -0.05) is 67.3 Å². The van der Waals surface area contributed by atoms with E-state index in [1.54, 1.807) is 55.5 Å². The maximum Gasteiger partial charge on any atom is 0.264 e. The van der Waals surface area contributed by atoms with Gasteiger partial charge < -0.3 is 10.2 Å². The molecule has 41 heavy (non-hydrogen) atoms. The van der Waals surface area contributed by atoms with Crippen molar-refractivity contribution in [2.75, 3.05) is 10.8 Å². The van der Waals surface area contributed by atoms with Crippen LogP contribution in [0.15, 0.2) is 77.7 Å². The maximum absolute atomic E-state index is 14.1. The van der Waals surface area contributed by atoms with Crippen LogP contribution in [-0.2, 0) is 26.2 Å². The van der Waals surface area contributed by atoms with Gasteiger partial charge in [-0.05, 0) is 86.7 Å². The molecule has 0 aliphatic heterocycles. The molecule has 0 heterocycles. The van der Waals surface area contributed by atoms with Gasteiger partial charge in [0.05, 0.1) is 10.6 Å². The van der Waals surface area contributed by atoms with E-state index in [4.69, 9.17) is 11.6 Å². The SMILES string of the molecule is Cc1cc(C)cc(N(CC(=O)N(Cc2cccc(Cl)c2)[C@H](C)C(=O)NC2CCCCC2)S(=O)(=O)c2ccccc2)c1. The molecule has 1 atom stereocenters. The van der Waals surface area contributed by atoms with E-state index in [0.717, 1.165) is 53.1 Å². The maximum atomic E-state index is 14.1. The lowest BCUT2D eigenvalue weighted by molar-refractivity contribution is -0.139. The number of aryl methyl sites for hydroxylation is 2. The highest BCUT2D eigenvalue weighted by Gasteiger charge is 2.33. The molecule has 3 aromatic carbocycles. The van der Waals surface area contributed by atoms with Crippen molar-refractivity contribution in [1.82, 2.24) is 10.2 Å². The number of rotatable bonds is 10. The van der Waals surface area contributed by atoms with Crippen LogP contribution in [0.1, 0.15) is 55.7 Å². The highest BCUT2D eigenvalue weighted by atomic mass is 35.5. The zero-order valence-electron chi connectivity index (χ0n) is 23.8. The summed E-state index contributed by atoms with van der Waals surface area (Å²) in [6.45, 7) is 5.09. The van der Waals surface area contributed by atoms with Crippen LogP contribution >= 0.6 is 11.6 Å². The van der Waals surface area contributed by atoms with Crippen molar-refractivity contribution < 1.29 is 18.0 Å². The van der Waals surface area contributed by atoms with E-state index in [1.807, 2.05) is 26.0 Å². The zero-order valence-corrected chi connectivity index (χ0v) is 25.4. The fraction of sp³-hybridized carbons (Fsp3) is 0.375. The molecule has 1 aliphatic carbocycles. The van der Waals surface area contributed by atoms with Crippen LogP contribution in [0.4, 0.5) is 5.69 Å². The summed E-state index contributed by atoms with van der Waals surface area (Å²) in [6.07, 6.45) is 5.11. The number of hydrogen-bond acceptors (Lipinski definition) is 4. The molecular weight excluding hydrogens is 558 g/mol. The van der Waals surface area contributed by atoms with Crippen LogP contribution in [0.3, 0.4) is 0 Å². The predicted octanol–water partition coefficient (Wildman–Crippen LogP) is 6.02. The smallest absolute Gasteiger partial charge is 0.264 e. The van der Waals surface area contributed by atoms with Crippen molar-refractivity contribution >= 4 is 39.1 Å². The van der Waals surface area contributed by atoms with Crippen LogP contribution < -0.4 is 9.62 Å². The van der Waals surface area contributed by atoms with Crippen LogP contribution in [0.5, 0.6) is 0 Å². The second-order valence-corrected chi connectivity index (χ2v) is 13.1. The van der Waals surface area contributed by atoms with Gasteiger partial charge >= 0.3 is 0 Å². The minimum Gasteiger partial charge on any atom is -0.352 e. The number of carbonyl (C=O) groups is 2. The standard InChI is InChI=1S/C32H38ClN3O4S/c1-23-17-24(2)19-29(18-23)36(41(39,40)30-15-8-5-9-16-30)22-31(37)35(21-26-11-10-12-27(33)20-26)25(3)32(38)34-28-13-6-4-7-14-28/h5,8-12,15-20,25,28H,4,6-7,13-14,21-22H2,1-3H3,(H,34,38)/t25-/m1/s1. The molecular formula is C32H38ClN3O4S. The lowest BCUT2D eigenvalue weighted by atomic mass is 9.95. The second kappa shape index (κ2) is 13.5. The Kier molecular flexibility index (Phi) is 10.1. The molecule has 7 nitrogen and oxygen atoms in total.